The zero-order chi connectivity index (χ0) is 23.3. The van der Waals surface area contributed by atoms with Crippen molar-refractivity contribution in [1.29, 1.82) is 0 Å². The fourth-order valence-electron chi connectivity index (χ4n) is 3.80. The van der Waals surface area contributed by atoms with Crippen LogP contribution in [-0.4, -0.2) is 59.7 Å². The van der Waals surface area contributed by atoms with Crippen LogP contribution in [0.3, 0.4) is 0 Å². The Hall–Kier alpha value is -2.98. The van der Waals surface area contributed by atoms with Crippen LogP contribution in [-0.2, 0) is 29.0 Å². The third-order valence-corrected chi connectivity index (χ3v) is 6.33. The lowest BCUT2D eigenvalue weighted by molar-refractivity contribution is -0.132. The largest absolute Gasteiger partial charge is 0.370 e. The standard InChI is InChI=1S/C22H31N7O2S/c1-14(30)25-22-27-18(9-6-15-4-7-17(8-5-15)26-21(23)24)19(32-22)13-29-11-10-16(12-29)20(31)28(2)3/h4-5,7-8,16H,6,9-13H2,1-3H3,(H4,23,24,26)(H,25,27,30). The Labute approximate surface area is 192 Å². The Bertz CT molecular complexity index is 981. The third-order valence-electron chi connectivity index (χ3n) is 5.34. The quantitative estimate of drug-likeness (QED) is 0.409. The smallest absolute Gasteiger partial charge is 0.226 e. The van der Waals surface area contributed by atoms with Crippen molar-refractivity contribution in [2.75, 3.05) is 32.5 Å². The molecule has 0 bridgehead atoms. The maximum absolute atomic E-state index is 12.3. The van der Waals surface area contributed by atoms with E-state index in [0.29, 0.717) is 10.8 Å². The highest BCUT2D eigenvalue weighted by molar-refractivity contribution is 7.15. The monoisotopic (exact) mass is 457 g/mol. The summed E-state index contributed by atoms with van der Waals surface area (Å²) < 4.78 is 0. The molecule has 0 saturated carbocycles. The molecule has 32 heavy (non-hydrogen) atoms. The SMILES string of the molecule is CC(=O)Nc1nc(CCc2ccc(N=C(N)N)cc2)c(CN2CCC(C(=O)N(C)C)C2)s1. The van der Waals surface area contributed by atoms with Crippen molar-refractivity contribution in [2.45, 2.75) is 32.7 Å². The van der Waals surface area contributed by atoms with E-state index in [2.05, 4.69) is 20.2 Å². The first-order valence-electron chi connectivity index (χ1n) is 10.6. The minimum Gasteiger partial charge on any atom is -0.370 e. The van der Waals surface area contributed by atoms with Gasteiger partial charge >= 0.3 is 0 Å². The lowest BCUT2D eigenvalue weighted by atomic mass is 10.1. The van der Waals surface area contributed by atoms with Gasteiger partial charge in [0, 0.05) is 39.0 Å². The molecule has 2 aromatic rings. The first-order valence-corrected chi connectivity index (χ1v) is 11.4. The zero-order valence-electron chi connectivity index (χ0n) is 18.8. The molecule has 2 amide bonds. The maximum atomic E-state index is 12.3. The van der Waals surface area contributed by atoms with E-state index < -0.39 is 0 Å². The molecule has 5 N–H and O–H groups in total. The van der Waals surface area contributed by atoms with Crippen molar-refractivity contribution in [3.63, 3.8) is 0 Å². The van der Waals surface area contributed by atoms with Crippen molar-refractivity contribution in [2.24, 2.45) is 22.4 Å². The van der Waals surface area contributed by atoms with Gasteiger partial charge in [-0.2, -0.15) is 0 Å². The molecular formula is C22H31N7O2S. The number of hydrogen-bond acceptors (Lipinski definition) is 6. The van der Waals surface area contributed by atoms with Crippen molar-refractivity contribution in [3.05, 3.63) is 40.4 Å². The number of guanidine groups is 1. The van der Waals surface area contributed by atoms with Gasteiger partial charge in [-0.15, -0.1) is 11.3 Å². The number of carbonyl (C=O) groups is 2. The van der Waals surface area contributed by atoms with Gasteiger partial charge in [0.25, 0.3) is 0 Å². The Morgan fingerprint density at radius 2 is 1.97 bits per heavy atom. The highest BCUT2D eigenvalue weighted by Gasteiger charge is 2.30. The number of hydrogen-bond donors (Lipinski definition) is 3. The topological polar surface area (TPSA) is 130 Å². The molecule has 9 nitrogen and oxygen atoms in total. The summed E-state index contributed by atoms with van der Waals surface area (Å²) in [5, 5.41) is 3.42. The summed E-state index contributed by atoms with van der Waals surface area (Å²) in [7, 11) is 3.60. The molecule has 0 radical (unpaired) electrons. The highest BCUT2D eigenvalue weighted by Crippen LogP contribution is 2.28. The molecule has 172 valence electrons. The summed E-state index contributed by atoms with van der Waals surface area (Å²) in [5.41, 5.74) is 13.7. The predicted octanol–water partition coefficient (Wildman–Crippen LogP) is 1.70. The number of aromatic nitrogens is 1. The summed E-state index contributed by atoms with van der Waals surface area (Å²) in [6, 6.07) is 7.76. The van der Waals surface area contributed by atoms with E-state index in [4.69, 9.17) is 11.5 Å². The molecule has 10 heteroatoms. The van der Waals surface area contributed by atoms with E-state index in [-0.39, 0.29) is 23.7 Å². The molecule has 1 atom stereocenters. The fourth-order valence-corrected chi connectivity index (χ4v) is 4.90. The minimum absolute atomic E-state index is 0.0341. The second kappa shape index (κ2) is 10.6. The van der Waals surface area contributed by atoms with E-state index in [0.717, 1.165) is 55.0 Å². The van der Waals surface area contributed by atoms with Gasteiger partial charge in [0.2, 0.25) is 11.8 Å². The molecular weight excluding hydrogens is 426 g/mol. The molecule has 0 aliphatic carbocycles. The van der Waals surface area contributed by atoms with Crippen LogP contribution >= 0.6 is 11.3 Å². The van der Waals surface area contributed by atoms with Gasteiger partial charge in [0.15, 0.2) is 11.1 Å². The van der Waals surface area contributed by atoms with Crippen LogP contribution < -0.4 is 16.8 Å². The lowest BCUT2D eigenvalue weighted by Gasteiger charge is -2.18. The number of aliphatic imine (C=N–C) groups is 1. The van der Waals surface area contributed by atoms with E-state index in [9.17, 15) is 9.59 Å². The first-order chi connectivity index (χ1) is 15.2. The number of nitrogens with two attached hydrogens (primary N) is 2. The number of amides is 2. The van der Waals surface area contributed by atoms with Crippen molar-refractivity contribution in [1.82, 2.24) is 14.8 Å². The highest BCUT2D eigenvalue weighted by atomic mass is 32.1. The molecule has 0 spiro atoms. The number of benzene rings is 1. The molecule has 1 aliphatic heterocycles. The number of aryl methyl sites for hydroxylation is 2. The number of likely N-dealkylation sites (tertiary alicyclic amines) is 1. The number of nitrogens with one attached hydrogen (secondary N) is 1. The molecule has 1 saturated heterocycles. The normalized spacial score (nSPS) is 16.0. The third kappa shape index (κ3) is 6.51. The second-order valence-electron chi connectivity index (χ2n) is 8.23. The summed E-state index contributed by atoms with van der Waals surface area (Å²) in [6.45, 7) is 3.84. The van der Waals surface area contributed by atoms with Gasteiger partial charge in [-0.3, -0.25) is 14.5 Å². The van der Waals surface area contributed by atoms with Crippen LogP contribution in [0.5, 0.6) is 0 Å². The average molecular weight is 458 g/mol. The molecule has 2 heterocycles. The van der Waals surface area contributed by atoms with E-state index in [1.165, 1.54) is 18.3 Å². The lowest BCUT2D eigenvalue weighted by Crippen LogP contribution is -2.31. The van der Waals surface area contributed by atoms with E-state index in [1.54, 1.807) is 19.0 Å². The Kier molecular flexibility index (Phi) is 7.81. The molecule has 3 rings (SSSR count). The summed E-state index contributed by atoms with van der Waals surface area (Å²) >= 11 is 1.51. The van der Waals surface area contributed by atoms with Gasteiger partial charge in [0.05, 0.1) is 17.3 Å². The summed E-state index contributed by atoms with van der Waals surface area (Å²) in [5.74, 6) is 0.122. The van der Waals surface area contributed by atoms with Crippen LogP contribution in [0.25, 0.3) is 0 Å². The van der Waals surface area contributed by atoms with Crippen LogP contribution in [0.15, 0.2) is 29.3 Å². The van der Waals surface area contributed by atoms with Gasteiger partial charge in [0.1, 0.15) is 0 Å². The van der Waals surface area contributed by atoms with E-state index in [1.807, 2.05) is 24.3 Å². The average Bonchev–Trinajstić information content (AvgIpc) is 3.33. The van der Waals surface area contributed by atoms with Crippen LogP contribution in [0, 0.1) is 5.92 Å². The Morgan fingerprint density at radius 3 is 2.59 bits per heavy atom. The summed E-state index contributed by atoms with van der Waals surface area (Å²) in [6.07, 6.45) is 2.42. The van der Waals surface area contributed by atoms with Crippen LogP contribution in [0.1, 0.15) is 29.5 Å². The number of nitrogens with zero attached hydrogens (tertiary/aromatic N) is 4. The van der Waals surface area contributed by atoms with Gasteiger partial charge in [-0.25, -0.2) is 9.98 Å². The number of anilines is 1. The molecule has 1 aromatic heterocycles. The second-order valence-corrected chi connectivity index (χ2v) is 9.31. The van der Waals surface area contributed by atoms with Gasteiger partial charge in [-0.05, 0) is 43.5 Å². The van der Waals surface area contributed by atoms with E-state index >= 15 is 0 Å². The van der Waals surface area contributed by atoms with Gasteiger partial charge in [-0.1, -0.05) is 12.1 Å². The fraction of sp³-hybridized carbons (Fsp3) is 0.455. The number of carbonyl (C=O) groups excluding carboxylic acids is 2. The predicted molar refractivity (Wildman–Crippen MR) is 128 cm³/mol. The van der Waals surface area contributed by atoms with Crippen LogP contribution in [0.4, 0.5) is 10.8 Å². The molecule has 1 aromatic carbocycles. The Balaban J connectivity index is 1.68. The zero-order valence-corrected chi connectivity index (χ0v) is 19.6. The van der Waals surface area contributed by atoms with Crippen molar-refractivity contribution < 1.29 is 9.59 Å². The molecule has 1 aliphatic rings. The maximum Gasteiger partial charge on any atom is 0.226 e. The van der Waals surface area contributed by atoms with Crippen molar-refractivity contribution in [3.8, 4) is 0 Å². The summed E-state index contributed by atoms with van der Waals surface area (Å²) in [4.78, 5) is 37.6. The number of thiazole rings is 1. The van der Waals surface area contributed by atoms with Gasteiger partial charge < -0.3 is 21.7 Å². The van der Waals surface area contributed by atoms with Crippen molar-refractivity contribution >= 4 is 39.9 Å². The molecule has 1 fully saturated rings. The number of rotatable bonds is 8. The minimum atomic E-state index is -0.134. The molecule has 1 unspecified atom stereocenters. The Morgan fingerprint density at radius 1 is 1.25 bits per heavy atom. The first kappa shape index (κ1) is 23.7. The van der Waals surface area contributed by atoms with Crippen LogP contribution in [0.2, 0.25) is 0 Å².